The van der Waals surface area contributed by atoms with Gasteiger partial charge in [-0.2, -0.15) is 4.72 Å². The normalized spacial score (nSPS) is 13.0. The van der Waals surface area contributed by atoms with Crippen LogP contribution in [0.15, 0.2) is 32.7 Å². The largest absolute Gasteiger partial charge is 0.480 e. The summed E-state index contributed by atoms with van der Waals surface area (Å²) in [5.74, 6) is -1.26. The van der Waals surface area contributed by atoms with Crippen LogP contribution in [0.3, 0.4) is 0 Å². The van der Waals surface area contributed by atoms with Crippen molar-refractivity contribution >= 4 is 27.0 Å². The number of benzene rings is 1. The molecular formula is C14H17N3O6S. The Morgan fingerprint density at radius 1 is 1.21 bits per heavy atom. The number of carbonyl (C=O) groups is 1. The molecule has 1 atom stereocenters. The van der Waals surface area contributed by atoms with Crippen molar-refractivity contribution in [3.05, 3.63) is 38.9 Å². The Morgan fingerprint density at radius 3 is 2.42 bits per heavy atom. The van der Waals surface area contributed by atoms with Crippen LogP contribution in [0.5, 0.6) is 0 Å². The number of hydrogen-bond acceptors (Lipinski definition) is 5. The van der Waals surface area contributed by atoms with E-state index in [9.17, 15) is 22.8 Å². The average Bonchev–Trinajstić information content (AvgIpc) is 2.51. The molecule has 2 rings (SSSR count). The lowest BCUT2D eigenvalue weighted by Gasteiger charge is -2.14. The minimum atomic E-state index is -4.09. The number of H-pyrrole nitrogens is 2. The Morgan fingerprint density at radius 2 is 1.83 bits per heavy atom. The van der Waals surface area contributed by atoms with Crippen LogP contribution in [-0.2, 0) is 14.8 Å². The summed E-state index contributed by atoms with van der Waals surface area (Å²) >= 11 is 0. The number of aromatic nitrogens is 2. The van der Waals surface area contributed by atoms with Gasteiger partial charge in [0.1, 0.15) is 6.04 Å². The summed E-state index contributed by atoms with van der Waals surface area (Å²) in [5, 5.41) is 9.13. The SMILES string of the molecule is CCCCC(NS(=O)(=O)c1ccc2[nH]c(=O)c(=O)[nH]c2c1)C(=O)O. The first-order valence-electron chi connectivity index (χ1n) is 7.26. The third-order valence-corrected chi connectivity index (χ3v) is 4.92. The Balaban J connectivity index is 2.39. The molecule has 0 amide bonds. The van der Waals surface area contributed by atoms with Crippen molar-refractivity contribution < 1.29 is 18.3 Å². The number of aliphatic carboxylic acids is 1. The number of rotatable bonds is 7. The van der Waals surface area contributed by atoms with Gasteiger partial charge < -0.3 is 15.1 Å². The Kier molecular flexibility index (Phi) is 5.20. The molecule has 24 heavy (non-hydrogen) atoms. The molecule has 1 heterocycles. The van der Waals surface area contributed by atoms with E-state index in [4.69, 9.17) is 5.11 Å². The smallest absolute Gasteiger partial charge is 0.321 e. The summed E-state index contributed by atoms with van der Waals surface area (Å²) < 4.78 is 26.9. The number of hydrogen-bond donors (Lipinski definition) is 4. The van der Waals surface area contributed by atoms with E-state index < -0.39 is 33.2 Å². The topological polar surface area (TPSA) is 149 Å². The van der Waals surface area contributed by atoms with Crippen molar-refractivity contribution in [2.75, 3.05) is 0 Å². The van der Waals surface area contributed by atoms with E-state index in [1.54, 1.807) is 0 Å². The fourth-order valence-corrected chi connectivity index (χ4v) is 3.41. The van der Waals surface area contributed by atoms with E-state index in [1.807, 2.05) is 6.92 Å². The minimum Gasteiger partial charge on any atom is -0.480 e. The molecule has 4 N–H and O–H groups in total. The molecule has 1 unspecified atom stereocenters. The first-order chi connectivity index (χ1) is 11.2. The second-order valence-corrected chi connectivity index (χ2v) is 6.98. The molecule has 0 bridgehead atoms. The van der Waals surface area contributed by atoms with E-state index in [0.29, 0.717) is 6.42 Å². The van der Waals surface area contributed by atoms with Crippen LogP contribution in [0.4, 0.5) is 0 Å². The third-order valence-electron chi connectivity index (χ3n) is 3.45. The van der Waals surface area contributed by atoms with Gasteiger partial charge >= 0.3 is 17.1 Å². The number of sulfonamides is 1. The quantitative estimate of drug-likeness (QED) is 0.519. The summed E-state index contributed by atoms with van der Waals surface area (Å²) in [6, 6.07) is 2.47. The molecule has 0 aliphatic heterocycles. The first kappa shape index (κ1) is 17.9. The maximum atomic E-state index is 12.4. The summed E-state index contributed by atoms with van der Waals surface area (Å²) in [6.45, 7) is 1.87. The number of unbranched alkanes of at least 4 members (excludes halogenated alkanes) is 1. The summed E-state index contributed by atoms with van der Waals surface area (Å²) in [5.41, 5.74) is -1.36. The molecule has 0 radical (unpaired) electrons. The van der Waals surface area contributed by atoms with Gasteiger partial charge in [-0.3, -0.25) is 14.4 Å². The van der Waals surface area contributed by atoms with Crippen LogP contribution in [0.2, 0.25) is 0 Å². The van der Waals surface area contributed by atoms with Gasteiger partial charge in [0.15, 0.2) is 0 Å². The standard InChI is InChI=1S/C14H17N3O6S/c1-2-3-4-10(14(20)21)17-24(22,23)8-5-6-9-11(7-8)16-13(19)12(18)15-9/h5-7,10,17H,2-4H2,1H3,(H,15,18)(H,16,19)(H,20,21). The van der Waals surface area contributed by atoms with E-state index in [2.05, 4.69) is 14.7 Å². The van der Waals surface area contributed by atoms with Gasteiger partial charge in [-0.05, 0) is 24.6 Å². The zero-order valence-electron chi connectivity index (χ0n) is 12.8. The second-order valence-electron chi connectivity index (χ2n) is 5.27. The van der Waals surface area contributed by atoms with Crippen LogP contribution >= 0.6 is 0 Å². The van der Waals surface area contributed by atoms with Crippen molar-refractivity contribution in [3.8, 4) is 0 Å². The van der Waals surface area contributed by atoms with Crippen molar-refractivity contribution in [1.82, 2.24) is 14.7 Å². The van der Waals surface area contributed by atoms with E-state index in [1.165, 1.54) is 12.1 Å². The van der Waals surface area contributed by atoms with Gasteiger partial charge in [-0.15, -0.1) is 0 Å². The molecule has 10 heteroatoms. The lowest BCUT2D eigenvalue weighted by atomic mass is 10.1. The highest BCUT2D eigenvalue weighted by Gasteiger charge is 2.25. The van der Waals surface area contributed by atoms with Gasteiger partial charge in [0, 0.05) is 0 Å². The van der Waals surface area contributed by atoms with Crippen LogP contribution in [0.1, 0.15) is 26.2 Å². The third kappa shape index (κ3) is 3.89. The maximum absolute atomic E-state index is 12.4. The van der Waals surface area contributed by atoms with Gasteiger partial charge in [0.05, 0.1) is 15.9 Å². The molecule has 130 valence electrons. The van der Waals surface area contributed by atoms with Crippen LogP contribution in [0, 0.1) is 0 Å². The first-order valence-corrected chi connectivity index (χ1v) is 8.74. The molecule has 0 fully saturated rings. The predicted octanol–water partition coefficient (Wildman–Crippen LogP) is 0.138. The number of carboxylic acids is 1. The fourth-order valence-electron chi connectivity index (χ4n) is 2.16. The van der Waals surface area contributed by atoms with E-state index in [-0.39, 0.29) is 22.3 Å². The van der Waals surface area contributed by atoms with Gasteiger partial charge in [0.2, 0.25) is 10.0 Å². The van der Waals surface area contributed by atoms with Crippen LogP contribution in [-0.4, -0.2) is 35.5 Å². The summed E-state index contributed by atoms with van der Waals surface area (Å²) in [4.78, 5) is 38.2. The number of fused-ring (bicyclic) bond motifs is 1. The van der Waals surface area contributed by atoms with Gasteiger partial charge in [-0.1, -0.05) is 19.8 Å². The molecule has 9 nitrogen and oxygen atoms in total. The fraction of sp³-hybridized carbons (Fsp3) is 0.357. The lowest BCUT2D eigenvalue weighted by molar-refractivity contribution is -0.139. The lowest BCUT2D eigenvalue weighted by Crippen LogP contribution is -2.40. The zero-order chi connectivity index (χ0) is 17.9. The predicted molar refractivity (Wildman–Crippen MR) is 86.5 cm³/mol. The molecule has 1 aromatic carbocycles. The highest BCUT2D eigenvalue weighted by atomic mass is 32.2. The molecule has 0 saturated heterocycles. The molecule has 0 spiro atoms. The highest BCUT2D eigenvalue weighted by Crippen LogP contribution is 2.15. The van der Waals surface area contributed by atoms with Crippen LogP contribution < -0.4 is 15.8 Å². The molecule has 0 aliphatic rings. The maximum Gasteiger partial charge on any atom is 0.321 e. The molecule has 0 saturated carbocycles. The van der Waals surface area contributed by atoms with Crippen molar-refractivity contribution in [2.24, 2.45) is 0 Å². The van der Waals surface area contributed by atoms with Crippen LogP contribution in [0.25, 0.3) is 11.0 Å². The molecule has 2 aromatic rings. The van der Waals surface area contributed by atoms with Crippen molar-refractivity contribution in [2.45, 2.75) is 37.1 Å². The summed E-state index contributed by atoms with van der Waals surface area (Å²) in [6.07, 6.45) is 1.46. The zero-order valence-corrected chi connectivity index (χ0v) is 13.6. The number of nitrogens with one attached hydrogen (secondary N) is 3. The van der Waals surface area contributed by atoms with Gasteiger partial charge in [-0.25, -0.2) is 8.42 Å². The molecular weight excluding hydrogens is 338 g/mol. The number of aromatic amines is 2. The van der Waals surface area contributed by atoms with E-state index >= 15 is 0 Å². The average molecular weight is 355 g/mol. The monoisotopic (exact) mass is 355 g/mol. The Labute approximate surface area is 136 Å². The highest BCUT2D eigenvalue weighted by molar-refractivity contribution is 7.89. The summed E-state index contributed by atoms with van der Waals surface area (Å²) in [7, 11) is -4.09. The second kappa shape index (κ2) is 6.97. The minimum absolute atomic E-state index is 0.128. The van der Waals surface area contributed by atoms with Crippen molar-refractivity contribution in [1.29, 1.82) is 0 Å². The number of carboxylic acid groups (broad SMARTS) is 1. The van der Waals surface area contributed by atoms with Gasteiger partial charge in [0.25, 0.3) is 0 Å². The van der Waals surface area contributed by atoms with Crippen molar-refractivity contribution in [3.63, 3.8) is 0 Å². The Bertz CT molecular complexity index is 976. The molecule has 1 aromatic heterocycles. The Hall–Kier alpha value is -2.46. The molecule has 0 aliphatic carbocycles. The van der Waals surface area contributed by atoms with E-state index in [0.717, 1.165) is 12.5 Å².